The normalized spacial score (nSPS) is 10.6. The lowest BCUT2D eigenvalue weighted by atomic mass is 10.1. The molecule has 19 heavy (non-hydrogen) atoms. The van der Waals surface area contributed by atoms with Crippen molar-refractivity contribution in [2.45, 2.75) is 46.1 Å². The molecule has 0 aromatic heterocycles. The Hall–Kier alpha value is -1.55. The van der Waals surface area contributed by atoms with Crippen molar-refractivity contribution >= 4 is 11.6 Å². The van der Waals surface area contributed by atoms with Crippen LogP contribution in [-0.2, 0) is 0 Å². The zero-order valence-corrected chi connectivity index (χ0v) is 12.1. The average molecular weight is 263 g/mol. The van der Waals surface area contributed by atoms with Crippen molar-refractivity contribution in [3.63, 3.8) is 0 Å². The van der Waals surface area contributed by atoms with E-state index in [1.807, 2.05) is 43.0 Å². The van der Waals surface area contributed by atoms with Crippen LogP contribution in [0.5, 0.6) is 0 Å². The number of hydrazine groups is 1. The van der Waals surface area contributed by atoms with Gasteiger partial charge in [-0.15, -0.1) is 0 Å². The van der Waals surface area contributed by atoms with Gasteiger partial charge < -0.3 is 10.3 Å². The second-order valence-corrected chi connectivity index (χ2v) is 4.99. The number of hydrogen-bond donors (Lipinski definition) is 2. The third-order valence-corrected chi connectivity index (χ3v) is 3.20. The van der Waals surface area contributed by atoms with Crippen molar-refractivity contribution < 1.29 is 4.79 Å². The first-order valence-electron chi connectivity index (χ1n) is 6.98. The van der Waals surface area contributed by atoms with Crippen LogP contribution in [0.1, 0.15) is 50.4 Å². The number of nitrogens with two attached hydrogens (primary N) is 1. The fourth-order valence-electron chi connectivity index (χ4n) is 2.08. The van der Waals surface area contributed by atoms with Crippen LogP contribution in [0.2, 0.25) is 0 Å². The van der Waals surface area contributed by atoms with Gasteiger partial charge in [0.05, 0.1) is 11.3 Å². The van der Waals surface area contributed by atoms with Crippen molar-refractivity contribution in [2.24, 2.45) is 5.84 Å². The molecule has 0 aliphatic rings. The van der Waals surface area contributed by atoms with E-state index < -0.39 is 0 Å². The van der Waals surface area contributed by atoms with E-state index in [0.717, 1.165) is 25.8 Å². The Morgan fingerprint density at radius 1 is 1.32 bits per heavy atom. The predicted molar refractivity (Wildman–Crippen MR) is 79.9 cm³/mol. The highest BCUT2D eigenvalue weighted by molar-refractivity contribution is 5.99. The molecule has 1 amide bonds. The smallest absolute Gasteiger partial charge is 0.256 e. The highest BCUT2D eigenvalue weighted by Crippen LogP contribution is 2.18. The number of amides is 1. The third-order valence-electron chi connectivity index (χ3n) is 3.20. The van der Waals surface area contributed by atoms with Crippen LogP contribution in [0.3, 0.4) is 0 Å². The molecule has 0 saturated carbocycles. The Kier molecular flexibility index (Phi) is 6.36. The Morgan fingerprint density at radius 3 is 2.58 bits per heavy atom. The lowest BCUT2D eigenvalue weighted by Crippen LogP contribution is -2.38. The fourth-order valence-corrected chi connectivity index (χ4v) is 2.08. The first-order valence-corrected chi connectivity index (χ1v) is 6.98. The second kappa shape index (κ2) is 7.79. The van der Waals surface area contributed by atoms with E-state index in [-0.39, 0.29) is 11.9 Å². The highest BCUT2D eigenvalue weighted by Gasteiger charge is 2.20. The largest absolute Gasteiger partial charge is 0.336 e. The number of hydrogen-bond acceptors (Lipinski definition) is 3. The second-order valence-electron chi connectivity index (χ2n) is 4.99. The topological polar surface area (TPSA) is 58.4 Å². The van der Waals surface area contributed by atoms with E-state index in [2.05, 4.69) is 12.3 Å². The minimum atomic E-state index is 0.0413. The van der Waals surface area contributed by atoms with Gasteiger partial charge in [0.25, 0.3) is 5.91 Å². The van der Waals surface area contributed by atoms with E-state index >= 15 is 0 Å². The van der Waals surface area contributed by atoms with Crippen molar-refractivity contribution in [2.75, 3.05) is 12.0 Å². The lowest BCUT2D eigenvalue weighted by molar-refractivity contribution is 0.0703. The van der Waals surface area contributed by atoms with Gasteiger partial charge in [-0.1, -0.05) is 31.9 Å². The molecular formula is C15H25N3O. The Balaban J connectivity index is 2.86. The van der Waals surface area contributed by atoms with Gasteiger partial charge in [0.15, 0.2) is 0 Å². The number of para-hydroxylation sites is 1. The van der Waals surface area contributed by atoms with Gasteiger partial charge in [-0.3, -0.25) is 10.6 Å². The van der Waals surface area contributed by atoms with E-state index in [9.17, 15) is 4.79 Å². The first kappa shape index (κ1) is 15.5. The highest BCUT2D eigenvalue weighted by atomic mass is 16.2. The van der Waals surface area contributed by atoms with Crippen LogP contribution in [0.25, 0.3) is 0 Å². The molecule has 4 heteroatoms. The number of nitrogens with one attached hydrogen (secondary N) is 1. The lowest BCUT2D eigenvalue weighted by Gasteiger charge is -2.27. The minimum Gasteiger partial charge on any atom is -0.336 e. The van der Waals surface area contributed by atoms with Crippen LogP contribution < -0.4 is 11.3 Å². The summed E-state index contributed by atoms with van der Waals surface area (Å²) < 4.78 is 0. The molecule has 106 valence electrons. The molecule has 0 saturated heterocycles. The molecule has 0 fully saturated rings. The van der Waals surface area contributed by atoms with Crippen LogP contribution in [0.4, 0.5) is 5.69 Å². The number of carbonyl (C=O) groups excluding carboxylic acids is 1. The summed E-state index contributed by atoms with van der Waals surface area (Å²) in [6.45, 7) is 7.04. The molecular weight excluding hydrogens is 238 g/mol. The summed E-state index contributed by atoms with van der Waals surface area (Å²) >= 11 is 0. The van der Waals surface area contributed by atoms with Crippen molar-refractivity contribution in [1.29, 1.82) is 0 Å². The molecule has 0 radical (unpaired) electrons. The van der Waals surface area contributed by atoms with E-state index in [1.54, 1.807) is 0 Å². The van der Waals surface area contributed by atoms with Gasteiger partial charge >= 0.3 is 0 Å². The van der Waals surface area contributed by atoms with Crippen LogP contribution >= 0.6 is 0 Å². The standard InChI is InChI=1S/C15H25N3O/c1-4-5-8-11-18(12(2)3)15(19)13-9-6-7-10-14(13)17-16/h6-7,9-10,12,17H,4-5,8,11,16H2,1-3H3. The van der Waals surface area contributed by atoms with Gasteiger partial charge in [-0.25, -0.2) is 0 Å². The summed E-state index contributed by atoms with van der Waals surface area (Å²) in [7, 11) is 0. The molecule has 1 rings (SSSR count). The van der Waals surface area contributed by atoms with Gasteiger partial charge in [-0.05, 0) is 32.4 Å². The number of benzene rings is 1. The van der Waals surface area contributed by atoms with Gasteiger partial charge in [-0.2, -0.15) is 0 Å². The van der Waals surface area contributed by atoms with Gasteiger partial charge in [0.1, 0.15) is 0 Å². The van der Waals surface area contributed by atoms with Crippen molar-refractivity contribution in [3.8, 4) is 0 Å². The number of carbonyl (C=O) groups is 1. The van der Waals surface area contributed by atoms with Crippen molar-refractivity contribution in [3.05, 3.63) is 29.8 Å². The molecule has 3 N–H and O–H groups in total. The molecule has 0 bridgehead atoms. The molecule has 0 unspecified atom stereocenters. The molecule has 0 heterocycles. The minimum absolute atomic E-state index is 0.0413. The molecule has 1 aromatic rings. The van der Waals surface area contributed by atoms with Gasteiger partial charge in [0, 0.05) is 12.6 Å². The van der Waals surface area contributed by atoms with E-state index in [1.165, 1.54) is 0 Å². The maximum atomic E-state index is 12.6. The molecule has 4 nitrogen and oxygen atoms in total. The van der Waals surface area contributed by atoms with Crippen LogP contribution in [0, 0.1) is 0 Å². The summed E-state index contributed by atoms with van der Waals surface area (Å²) in [6.07, 6.45) is 3.34. The quantitative estimate of drug-likeness (QED) is 0.451. The van der Waals surface area contributed by atoms with E-state index in [0.29, 0.717) is 11.3 Å². The Morgan fingerprint density at radius 2 is 2.00 bits per heavy atom. The number of nitrogen functional groups attached to an aromatic ring is 1. The summed E-state index contributed by atoms with van der Waals surface area (Å²) in [5, 5.41) is 0. The van der Waals surface area contributed by atoms with Crippen LogP contribution in [0.15, 0.2) is 24.3 Å². The summed E-state index contributed by atoms with van der Waals surface area (Å²) in [5.41, 5.74) is 3.90. The monoisotopic (exact) mass is 263 g/mol. The molecule has 0 atom stereocenters. The zero-order chi connectivity index (χ0) is 14.3. The number of unbranched alkanes of at least 4 members (excludes halogenated alkanes) is 2. The van der Waals surface area contributed by atoms with Gasteiger partial charge in [0.2, 0.25) is 0 Å². The third kappa shape index (κ3) is 4.24. The predicted octanol–water partition coefficient (Wildman–Crippen LogP) is 3.01. The number of anilines is 1. The number of nitrogens with zero attached hydrogens (tertiary/aromatic N) is 1. The Bertz CT molecular complexity index is 404. The maximum Gasteiger partial charge on any atom is 0.256 e. The van der Waals surface area contributed by atoms with Crippen LogP contribution in [-0.4, -0.2) is 23.4 Å². The molecule has 0 aliphatic carbocycles. The molecule has 0 aliphatic heterocycles. The summed E-state index contributed by atoms with van der Waals surface area (Å²) in [6, 6.07) is 7.54. The first-order chi connectivity index (χ1) is 9.11. The Labute approximate surface area is 115 Å². The van der Waals surface area contributed by atoms with Crippen molar-refractivity contribution in [1.82, 2.24) is 4.90 Å². The SMILES string of the molecule is CCCCCN(C(=O)c1ccccc1NN)C(C)C. The zero-order valence-electron chi connectivity index (χ0n) is 12.1. The van der Waals surface area contributed by atoms with E-state index in [4.69, 9.17) is 5.84 Å². The fraction of sp³-hybridized carbons (Fsp3) is 0.533. The average Bonchev–Trinajstić information content (AvgIpc) is 2.42. The number of rotatable bonds is 7. The molecule has 0 spiro atoms. The molecule has 1 aromatic carbocycles. The summed E-state index contributed by atoms with van der Waals surface area (Å²) in [5.74, 6) is 5.51. The maximum absolute atomic E-state index is 12.6. The summed E-state index contributed by atoms with van der Waals surface area (Å²) in [4.78, 5) is 14.5.